The second kappa shape index (κ2) is 7.46. The molecule has 0 spiro atoms. The summed E-state index contributed by atoms with van der Waals surface area (Å²) in [4.78, 5) is 14.0. The van der Waals surface area contributed by atoms with Crippen molar-refractivity contribution in [3.63, 3.8) is 0 Å². The number of nitrogens with one attached hydrogen (secondary N) is 2. The maximum atomic E-state index is 11.8. The first-order valence-electron chi connectivity index (χ1n) is 8.03. The monoisotopic (exact) mass is 289 g/mol. The topological polar surface area (TPSA) is 44.4 Å². The minimum atomic E-state index is 0.107. The highest BCUT2D eigenvalue weighted by atomic mass is 16.2. The standard InChI is InChI=1S/C17H27N3O/c1-4-18-13(3)14-8-9-16-15(11-14)7-6-10-20(16)12-17(21)19-5-2/h8-9,11,13,18H,4-7,10,12H2,1-3H3,(H,19,21). The van der Waals surface area contributed by atoms with Crippen molar-refractivity contribution in [2.75, 3.05) is 31.1 Å². The van der Waals surface area contributed by atoms with Gasteiger partial charge in [0.15, 0.2) is 0 Å². The SMILES string of the molecule is CCNC(=O)CN1CCCc2cc(C(C)NCC)ccc21. The highest BCUT2D eigenvalue weighted by Crippen LogP contribution is 2.29. The molecule has 1 aliphatic heterocycles. The van der Waals surface area contributed by atoms with Crippen LogP contribution in [0.1, 0.15) is 44.4 Å². The molecule has 1 atom stereocenters. The third-order valence-corrected chi connectivity index (χ3v) is 4.04. The number of rotatable bonds is 6. The van der Waals surface area contributed by atoms with Crippen LogP contribution in [0.5, 0.6) is 0 Å². The Kier molecular flexibility index (Phi) is 5.62. The number of hydrogen-bond acceptors (Lipinski definition) is 3. The number of benzene rings is 1. The Balaban J connectivity index is 2.14. The van der Waals surface area contributed by atoms with Crippen molar-refractivity contribution in [3.05, 3.63) is 29.3 Å². The zero-order valence-electron chi connectivity index (χ0n) is 13.4. The molecule has 0 fully saturated rings. The van der Waals surface area contributed by atoms with Crippen LogP contribution in [-0.4, -0.2) is 32.1 Å². The molecule has 1 amide bonds. The third kappa shape index (κ3) is 3.97. The van der Waals surface area contributed by atoms with E-state index in [1.807, 2.05) is 6.92 Å². The van der Waals surface area contributed by atoms with Gasteiger partial charge in [-0.25, -0.2) is 0 Å². The van der Waals surface area contributed by atoms with Crippen molar-refractivity contribution in [2.24, 2.45) is 0 Å². The highest BCUT2D eigenvalue weighted by Gasteiger charge is 2.19. The van der Waals surface area contributed by atoms with Gasteiger partial charge in [-0.05, 0) is 50.4 Å². The zero-order chi connectivity index (χ0) is 15.2. The first-order chi connectivity index (χ1) is 10.2. The number of aryl methyl sites for hydroxylation is 1. The van der Waals surface area contributed by atoms with E-state index in [2.05, 4.69) is 47.6 Å². The molecule has 0 aliphatic carbocycles. The lowest BCUT2D eigenvalue weighted by atomic mass is 9.96. The second-order valence-corrected chi connectivity index (χ2v) is 5.65. The van der Waals surface area contributed by atoms with Crippen LogP contribution in [0, 0.1) is 0 Å². The van der Waals surface area contributed by atoms with Gasteiger partial charge in [0.05, 0.1) is 6.54 Å². The summed E-state index contributed by atoms with van der Waals surface area (Å²) < 4.78 is 0. The van der Waals surface area contributed by atoms with E-state index < -0.39 is 0 Å². The normalized spacial score (nSPS) is 15.5. The van der Waals surface area contributed by atoms with Crippen LogP contribution in [0.25, 0.3) is 0 Å². The van der Waals surface area contributed by atoms with Crippen LogP contribution >= 0.6 is 0 Å². The fourth-order valence-electron chi connectivity index (χ4n) is 2.98. The van der Waals surface area contributed by atoms with Crippen LogP contribution in [0.2, 0.25) is 0 Å². The minimum Gasteiger partial charge on any atom is -0.362 e. The summed E-state index contributed by atoms with van der Waals surface area (Å²) in [5, 5.41) is 6.33. The van der Waals surface area contributed by atoms with E-state index in [-0.39, 0.29) is 5.91 Å². The number of fused-ring (bicyclic) bond motifs is 1. The van der Waals surface area contributed by atoms with Gasteiger partial charge >= 0.3 is 0 Å². The Bertz CT molecular complexity index is 487. The molecule has 4 nitrogen and oxygen atoms in total. The van der Waals surface area contributed by atoms with Crippen molar-refractivity contribution in [1.29, 1.82) is 0 Å². The van der Waals surface area contributed by atoms with Gasteiger partial charge in [0.25, 0.3) is 0 Å². The Hall–Kier alpha value is -1.55. The van der Waals surface area contributed by atoms with Crippen LogP contribution in [0.15, 0.2) is 18.2 Å². The molecule has 0 saturated carbocycles. The summed E-state index contributed by atoms with van der Waals surface area (Å²) in [6.45, 7) is 9.37. The molecule has 116 valence electrons. The van der Waals surface area contributed by atoms with Crippen molar-refractivity contribution >= 4 is 11.6 Å². The number of amides is 1. The largest absolute Gasteiger partial charge is 0.362 e. The number of hydrogen-bond donors (Lipinski definition) is 2. The number of likely N-dealkylation sites (N-methyl/N-ethyl adjacent to an activating group) is 1. The van der Waals surface area contributed by atoms with E-state index in [1.165, 1.54) is 16.8 Å². The molecule has 4 heteroatoms. The Morgan fingerprint density at radius 1 is 1.33 bits per heavy atom. The number of carbonyl (C=O) groups is 1. The lowest BCUT2D eigenvalue weighted by molar-refractivity contribution is -0.119. The third-order valence-electron chi connectivity index (χ3n) is 4.04. The van der Waals surface area contributed by atoms with Gasteiger partial charge in [-0.3, -0.25) is 4.79 Å². The molecule has 1 aliphatic rings. The summed E-state index contributed by atoms with van der Waals surface area (Å²) in [6.07, 6.45) is 2.22. The van der Waals surface area contributed by atoms with Gasteiger partial charge < -0.3 is 15.5 Å². The van der Waals surface area contributed by atoms with Gasteiger partial charge in [-0.2, -0.15) is 0 Å². The van der Waals surface area contributed by atoms with Crippen molar-refractivity contribution in [3.8, 4) is 0 Å². The molecular formula is C17H27N3O. The lowest BCUT2D eigenvalue weighted by Gasteiger charge is -2.31. The molecule has 2 N–H and O–H groups in total. The Morgan fingerprint density at radius 2 is 2.14 bits per heavy atom. The summed E-state index contributed by atoms with van der Waals surface area (Å²) in [5.41, 5.74) is 3.92. The smallest absolute Gasteiger partial charge is 0.239 e. The van der Waals surface area contributed by atoms with Crippen LogP contribution in [-0.2, 0) is 11.2 Å². The molecule has 0 radical (unpaired) electrons. The number of nitrogens with zero attached hydrogens (tertiary/aromatic N) is 1. The summed E-state index contributed by atoms with van der Waals surface area (Å²) in [7, 11) is 0. The molecule has 1 heterocycles. The van der Waals surface area contributed by atoms with Gasteiger partial charge in [0.2, 0.25) is 5.91 Å². The van der Waals surface area contributed by atoms with E-state index in [0.717, 1.165) is 25.9 Å². The van der Waals surface area contributed by atoms with Crippen molar-refractivity contribution in [2.45, 2.75) is 39.7 Å². The molecule has 2 rings (SSSR count). The molecule has 21 heavy (non-hydrogen) atoms. The molecule has 0 bridgehead atoms. The minimum absolute atomic E-state index is 0.107. The van der Waals surface area contributed by atoms with Gasteiger partial charge in [-0.15, -0.1) is 0 Å². The van der Waals surface area contributed by atoms with Crippen LogP contribution < -0.4 is 15.5 Å². The van der Waals surface area contributed by atoms with Crippen LogP contribution in [0.3, 0.4) is 0 Å². The fourth-order valence-corrected chi connectivity index (χ4v) is 2.98. The molecule has 1 aromatic rings. The van der Waals surface area contributed by atoms with Crippen molar-refractivity contribution < 1.29 is 4.79 Å². The van der Waals surface area contributed by atoms with Gasteiger partial charge in [-0.1, -0.05) is 19.1 Å². The van der Waals surface area contributed by atoms with Gasteiger partial charge in [0, 0.05) is 24.8 Å². The maximum Gasteiger partial charge on any atom is 0.239 e. The number of anilines is 1. The summed E-state index contributed by atoms with van der Waals surface area (Å²) >= 11 is 0. The lowest BCUT2D eigenvalue weighted by Crippen LogP contribution is -2.39. The van der Waals surface area contributed by atoms with E-state index in [4.69, 9.17) is 0 Å². The Labute approximate surface area is 127 Å². The fraction of sp³-hybridized carbons (Fsp3) is 0.588. The molecule has 0 aromatic heterocycles. The highest BCUT2D eigenvalue weighted by molar-refractivity contribution is 5.81. The van der Waals surface area contributed by atoms with Gasteiger partial charge in [0.1, 0.15) is 0 Å². The zero-order valence-corrected chi connectivity index (χ0v) is 13.4. The summed E-state index contributed by atoms with van der Waals surface area (Å²) in [5.74, 6) is 0.107. The first kappa shape index (κ1) is 15.8. The molecule has 0 saturated heterocycles. The average molecular weight is 289 g/mol. The van der Waals surface area contributed by atoms with E-state index in [1.54, 1.807) is 0 Å². The van der Waals surface area contributed by atoms with E-state index in [9.17, 15) is 4.79 Å². The summed E-state index contributed by atoms with van der Waals surface area (Å²) in [6, 6.07) is 7.03. The molecule has 1 unspecified atom stereocenters. The van der Waals surface area contributed by atoms with Crippen LogP contribution in [0.4, 0.5) is 5.69 Å². The number of carbonyl (C=O) groups excluding carboxylic acids is 1. The second-order valence-electron chi connectivity index (χ2n) is 5.65. The van der Waals surface area contributed by atoms with Crippen molar-refractivity contribution in [1.82, 2.24) is 10.6 Å². The predicted molar refractivity (Wildman–Crippen MR) is 87.8 cm³/mol. The molecular weight excluding hydrogens is 262 g/mol. The van der Waals surface area contributed by atoms with E-state index in [0.29, 0.717) is 19.1 Å². The average Bonchev–Trinajstić information content (AvgIpc) is 2.47. The maximum absolute atomic E-state index is 11.8. The molecule has 1 aromatic carbocycles. The predicted octanol–water partition coefficient (Wildman–Crippen LogP) is 2.25. The Morgan fingerprint density at radius 3 is 2.86 bits per heavy atom. The quantitative estimate of drug-likeness (QED) is 0.844. The van der Waals surface area contributed by atoms with E-state index >= 15 is 0 Å². The first-order valence-corrected chi connectivity index (χ1v) is 8.03.